The molecule has 5 aromatic rings. The minimum Gasteiger partial charge on any atom is -0.508 e. The summed E-state index contributed by atoms with van der Waals surface area (Å²) >= 11 is 0. The summed E-state index contributed by atoms with van der Waals surface area (Å²) < 4.78 is 0. The number of nitrogens with zero attached hydrogens (tertiary/aromatic N) is 1. The van der Waals surface area contributed by atoms with Gasteiger partial charge in [0, 0.05) is 11.1 Å². The van der Waals surface area contributed by atoms with Gasteiger partial charge in [0.2, 0.25) is 0 Å². The van der Waals surface area contributed by atoms with Crippen molar-refractivity contribution in [3.05, 3.63) is 108 Å². The van der Waals surface area contributed by atoms with Gasteiger partial charge in [0.05, 0.1) is 17.1 Å². The van der Waals surface area contributed by atoms with Gasteiger partial charge in [0.1, 0.15) is 11.6 Å². The first-order valence-electron chi connectivity index (χ1n) is 11.2. The Labute approximate surface area is 198 Å². The maximum Gasteiger partial charge on any atom is 0.251 e. The standard InChI is InChI=1S/C29H25N3O2/c1-18-16-21(29(34)30-19(2)20-8-4-3-5-9-20)12-14-23(18)25-17-22(33)13-15-24(25)28-31-26-10-6-7-11-27(26)32-28/h3-17,19,33H,1-2H3,(H,30,34)(H,31,32)/t19-/m1/s1. The number of fused-ring (bicyclic) bond motifs is 1. The highest BCUT2D eigenvalue weighted by Gasteiger charge is 2.17. The number of H-pyrrole nitrogens is 1. The van der Waals surface area contributed by atoms with Gasteiger partial charge < -0.3 is 15.4 Å². The molecule has 5 heteroatoms. The van der Waals surface area contributed by atoms with E-state index >= 15 is 0 Å². The molecule has 0 aliphatic heterocycles. The van der Waals surface area contributed by atoms with Gasteiger partial charge in [-0.15, -0.1) is 0 Å². The van der Waals surface area contributed by atoms with Crippen molar-refractivity contribution < 1.29 is 9.90 Å². The van der Waals surface area contributed by atoms with Crippen molar-refractivity contribution in [1.29, 1.82) is 0 Å². The largest absolute Gasteiger partial charge is 0.508 e. The average molecular weight is 448 g/mol. The van der Waals surface area contributed by atoms with Crippen LogP contribution in [-0.2, 0) is 0 Å². The number of carbonyl (C=O) groups excluding carboxylic acids is 1. The summed E-state index contributed by atoms with van der Waals surface area (Å²) in [6, 6.07) is 28.6. The van der Waals surface area contributed by atoms with Gasteiger partial charge >= 0.3 is 0 Å². The van der Waals surface area contributed by atoms with E-state index in [4.69, 9.17) is 4.98 Å². The van der Waals surface area contributed by atoms with Crippen molar-refractivity contribution in [3.8, 4) is 28.3 Å². The smallest absolute Gasteiger partial charge is 0.251 e. The number of benzene rings is 4. The molecule has 0 aliphatic carbocycles. The van der Waals surface area contributed by atoms with Crippen LogP contribution in [0, 0.1) is 6.92 Å². The van der Waals surface area contributed by atoms with Crippen LogP contribution >= 0.6 is 0 Å². The van der Waals surface area contributed by atoms with Gasteiger partial charge in [-0.3, -0.25) is 4.79 Å². The molecule has 0 aliphatic rings. The molecule has 4 aromatic carbocycles. The summed E-state index contributed by atoms with van der Waals surface area (Å²) in [4.78, 5) is 21.0. The molecular weight excluding hydrogens is 422 g/mol. The van der Waals surface area contributed by atoms with E-state index in [1.807, 2.05) is 92.7 Å². The number of amides is 1. The zero-order valence-corrected chi connectivity index (χ0v) is 19.0. The fourth-order valence-corrected chi connectivity index (χ4v) is 4.25. The van der Waals surface area contributed by atoms with Gasteiger partial charge in [-0.25, -0.2) is 4.98 Å². The van der Waals surface area contributed by atoms with Crippen LogP contribution in [0.4, 0.5) is 0 Å². The summed E-state index contributed by atoms with van der Waals surface area (Å²) in [6.07, 6.45) is 0. The van der Waals surface area contributed by atoms with Crippen LogP contribution in [0.3, 0.4) is 0 Å². The molecule has 5 rings (SSSR count). The number of nitrogens with one attached hydrogen (secondary N) is 2. The molecule has 1 atom stereocenters. The molecule has 0 spiro atoms. The molecule has 1 heterocycles. The van der Waals surface area contributed by atoms with E-state index in [1.165, 1.54) is 0 Å². The van der Waals surface area contributed by atoms with Crippen molar-refractivity contribution in [1.82, 2.24) is 15.3 Å². The minimum atomic E-state index is -0.126. The van der Waals surface area contributed by atoms with Crippen molar-refractivity contribution in [2.75, 3.05) is 0 Å². The van der Waals surface area contributed by atoms with Crippen LogP contribution in [0.1, 0.15) is 34.5 Å². The first kappa shape index (κ1) is 21.5. The Morgan fingerprint density at radius 2 is 1.62 bits per heavy atom. The third kappa shape index (κ3) is 4.16. The Hall–Kier alpha value is -4.38. The SMILES string of the molecule is Cc1cc(C(=O)N[C@H](C)c2ccccc2)ccc1-c1cc(O)ccc1-c1nc2ccccc2[nH]1. The van der Waals surface area contributed by atoms with Crippen molar-refractivity contribution in [2.24, 2.45) is 0 Å². The number of carbonyl (C=O) groups is 1. The van der Waals surface area contributed by atoms with Crippen LogP contribution in [-0.4, -0.2) is 21.0 Å². The zero-order chi connectivity index (χ0) is 23.7. The van der Waals surface area contributed by atoms with Gasteiger partial charge in [-0.05, 0) is 78.6 Å². The second-order valence-electron chi connectivity index (χ2n) is 8.47. The van der Waals surface area contributed by atoms with Crippen LogP contribution in [0.2, 0.25) is 0 Å². The number of phenols is 1. The topological polar surface area (TPSA) is 78.0 Å². The van der Waals surface area contributed by atoms with Gasteiger partial charge in [-0.1, -0.05) is 48.5 Å². The van der Waals surface area contributed by atoms with E-state index < -0.39 is 0 Å². The third-order valence-electron chi connectivity index (χ3n) is 6.07. The van der Waals surface area contributed by atoms with E-state index in [9.17, 15) is 9.90 Å². The third-order valence-corrected chi connectivity index (χ3v) is 6.07. The molecule has 34 heavy (non-hydrogen) atoms. The predicted octanol–water partition coefficient (Wildman–Crippen LogP) is 6.40. The van der Waals surface area contributed by atoms with Crippen molar-refractivity contribution >= 4 is 16.9 Å². The van der Waals surface area contributed by atoms with Crippen molar-refractivity contribution in [3.63, 3.8) is 0 Å². The maximum atomic E-state index is 12.9. The maximum absolute atomic E-state index is 12.9. The zero-order valence-electron chi connectivity index (χ0n) is 19.0. The number of hydrogen-bond donors (Lipinski definition) is 3. The summed E-state index contributed by atoms with van der Waals surface area (Å²) in [6.45, 7) is 3.94. The molecule has 0 radical (unpaired) electrons. The Balaban J connectivity index is 1.48. The number of aromatic amines is 1. The lowest BCUT2D eigenvalue weighted by Gasteiger charge is -2.16. The summed E-state index contributed by atoms with van der Waals surface area (Å²) in [5, 5.41) is 13.3. The molecule has 168 valence electrons. The van der Waals surface area contributed by atoms with Gasteiger partial charge in [0.15, 0.2) is 0 Å². The molecule has 0 unspecified atom stereocenters. The van der Waals surface area contributed by atoms with E-state index in [1.54, 1.807) is 12.1 Å². The highest BCUT2D eigenvalue weighted by molar-refractivity contribution is 5.96. The molecule has 3 N–H and O–H groups in total. The number of aryl methyl sites for hydroxylation is 1. The highest BCUT2D eigenvalue weighted by Crippen LogP contribution is 2.36. The lowest BCUT2D eigenvalue weighted by Crippen LogP contribution is -2.26. The molecule has 1 amide bonds. The van der Waals surface area contributed by atoms with Crippen LogP contribution < -0.4 is 5.32 Å². The van der Waals surface area contributed by atoms with Crippen LogP contribution in [0.15, 0.2) is 91.0 Å². The van der Waals surface area contributed by atoms with E-state index in [0.717, 1.165) is 44.7 Å². The lowest BCUT2D eigenvalue weighted by molar-refractivity contribution is 0.0940. The number of phenolic OH excluding ortho intramolecular Hbond substituents is 1. The fourth-order valence-electron chi connectivity index (χ4n) is 4.25. The van der Waals surface area contributed by atoms with Crippen molar-refractivity contribution in [2.45, 2.75) is 19.9 Å². The first-order valence-corrected chi connectivity index (χ1v) is 11.2. The first-order chi connectivity index (χ1) is 16.5. The molecule has 0 saturated heterocycles. The second-order valence-corrected chi connectivity index (χ2v) is 8.47. The van der Waals surface area contributed by atoms with E-state index in [-0.39, 0.29) is 17.7 Å². The predicted molar refractivity (Wildman–Crippen MR) is 136 cm³/mol. The molecule has 5 nitrogen and oxygen atoms in total. The Kier molecular flexibility index (Phi) is 5.60. The number of para-hydroxylation sites is 2. The summed E-state index contributed by atoms with van der Waals surface area (Å²) in [7, 11) is 0. The summed E-state index contributed by atoms with van der Waals surface area (Å²) in [5.41, 5.74) is 7.07. The molecule has 0 saturated carbocycles. The number of rotatable bonds is 5. The lowest BCUT2D eigenvalue weighted by atomic mass is 9.93. The van der Waals surface area contributed by atoms with E-state index in [2.05, 4.69) is 10.3 Å². The number of hydrogen-bond acceptors (Lipinski definition) is 3. The monoisotopic (exact) mass is 447 g/mol. The van der Waals surface area contributed by atoms with Gasteiger partial charge in [0.25, 0.3) is 5.91 Å². The Morgan fingerprint density at radius 1 is 0.882 bits per heavy atom. The summed E-state index contributed by atoms with van der Waals surface area (Å²) in [5.74, 6) is 0.779. The number of imidazole rings is 1. The minimum absolute atomic E-state index is 0.0977. The fraction of sp³-hybridized carbons (Fsp3) is 0.103. The van der Waals surface area contributed by atoms with Crippen LogP contribution in [0.5, 0.6) is 5.75 Å². The van der Waals surface area contributed by atoms with E-state index in [0.29, 0.717) is 5.56 Å². The number of aromatic hydroxyl groups is 1. The Bertz CT molecular complexity index is 1460. The normalized spacial score (nSPS) is 11.9. The Morgan fingerprint density at radius 3 is 2.38 bits per heavy atom. The number of aromatic nitrogens is 2. The highest BCUT2D eigenvalue weighted by atomic mass is 16.3. The molecular formula is C29H25N3O2. The molecule has 1 aromatic heterocycles. The average Bonchev–Trinajstić information content (AvgIpc) is 3.28. The molecule has 0 bridgehead atoms. The second kappa shape index (κ2) is 8.87. The van der Waals surface area contributed by atoms with Crippen LogP contribution in [0.25, 0.3) is 33.5 Å². The quantitative estimate of drug-likeness (QED) is 0.292. The van der Waals surface area contributed by atoms with Gasteiger partial charge in [-0.2, -0.15) is 0 Å². The molecule has 0 fully saturated rings.